The smallest absolute Gasteiger partial charge is 0.340 e. The fourth-order valence-electron chi connectivity index (χ4n) is 4.14. The maximum atomic E-state index is 13.2. The molecule has 0 radical (unpaired) electrons. The molecule has 7 nitrogen and oxygen atoms in total. The number of aryl methyl sites for hydroxylation is 2. The lowest BCUT2D eigenvalue weighted by atomic mass is 9.96. The second-order valence-electron chi connectivity index (χ2n) is 8.08. The van der Waals surface area contributed by atoms with Crippen LogP contribution in [-0.4, -0.2) is 47.4 Å². The van der Waals surface area contributed by atoms with Crippen molar-refractivity contribution < 1.29 is 19.1 Å². The van der Waals surface area contributed by atoms with E-state index in [2.05, 4.69) is 10.3 Å². The quantitative estimate of drug-likeness (QED) is 0.695. The van der Waals surface area contributed by atoms with Crippen molar-refractivity contribution >= 4 is 17.8 Å². The third-order valence-corrected chi connectivity index (χ3v) is 5.92. The van der Waals surface area contributed by atoms with Gasteiger partial charge in [0.15, 0.2) is 0 Å². The summed E-state index contributed by atoms with van der Waals surface area (Å²) in [5.41, 5.74) is 4.23. The van der Waals surface area contributed by atoms with E-state index in [-0.39, 0.29) is 24.3 Å². The maximum Gasteiger partial charge on any atom is 0.340 e. The van der Waals surface area contributed by atoms with Gasteiger partial charge in [-0.2, -0.15) is 0 Å². The largest absolute Gasteiger partial charge is 0.462 e. The summed E-state index contributed by atoms with van der Waals surface area (Å²) in [6.07, 6.45) is 1.51. The summed E-state index contributed by atoms with van der Waals surface area (Å²) in [5.74, 6) is -0.901. The second kappa shape index (κ2) is 9.81. The van der Waals surface area contributed by atoms with Crippen molar-refractivity contribution in [2.24, 2.45) is 5.92 Å². The zero-order chi connectivity index (χ0) is 22.5. The minimum Gasteiger partial charge on any atom is -0.462 e. The summed E-state index contributed by atoms with van der Waals surface area (Å²) in [5, 5.41) is 3.02. The molecule has 2 N–H and O–H groups in total. The number of nitrogens with one attached hydrogen (secondary N) is 2. The van der Waals surface area contributed by atoms with E-state index in [1.165, 1.54) is 0 Å². The number of amides is 2. The standard InChI is InChI=1S/C24H31N3O4/c1-5-31-24(30)20-16(3)21(26-17(20)4)23(29)27-12-8-11-19(14-27)22(28)25-13-18-10-7-6-9-15(18)2/h6-7,9-10,19,26H,5,8,11-14H2,1-4H3,(H,25,28)/t19-/m1/s1. The lowest BCUT2D eigenvalue weighted by Gasteiger charge is -2.32. The van der Waals surface area contributed by atoms with Gasteiger partial charge in [-0.15, -0.1) is 0 Å². The first-order valence-electron chi connectivity index (χ1n) is 10.8. The number of aromatic nitrogens is 1. The number of piperidine rings is 1. The average Bonchev–Trinajstić information content (AvgIpc) is 3.06. The number of aromatic amines is 1. The molecular weight excluding hydrogens is 394 g/mol. The Morgan fingerprint density at radius 3 is 2.65 bits per heavy atom. The number of esters is 1. The van der Waals surface area contributed by atoms with Crippen molar-refractivity contribution in [2.75, 3.05) is 19.7 Å². The molecule has 0 aliphatic carbocycles. The van der Waals surface area contributed by atoms with Crippen LogP contribution in [0.4, 0.5) is 0 Å². The molecule has 3 rings (SSSR count). The van der Waals surface area contributed by atoms with Crippen LogP contribution in [0.5, 0.6) is 0 Å². The van der Waals surface area contributed by atoms with Gasteiger partial charge in [-0.05, 0) is 57.2 Å². The number of hydrogen-bond donors (Lipinski definition) is 2. The van der Waals surface area contributed by atoms with Crippen LogP contribution in [0.2, 0.25) is 0 Å². The van der Waals surface area contributed by atoms with E-state index in [1.54, 1.807) is 25.7 Å². The SMILES string of the molecule is CCOC(=O)c1c(C)[nH]c(C(=O)N2CCC[C@@H](C(=O)NCc3ccccc3C)C2)c1C. The normalized spacial score (nSPS) is 16.1. The highest BCUT2D eigenvalue weighted by Gasteiger charge is 2.31. The second-order valence-corrected chi connectivity index (χ2v) is 8.08. The molecule has 7 heteroatoms. The molecule has 1 aromatic heterocycles. The Bertz CT molecular complexity index is 979. The number of hydrogen-bond acceptors (Lipinski definition) is 4. The predicted molar refractivity (Wildman–Crippen MR) is 118 cm³/mol. The minimum atomic E-state index is -0.431. The van der Waals surface area contributed by atoms with Crippen LogP contribution in [0, 0.1) is 26.7 Å². The Morgan fingerprint density at radius 2 is 1.94 bits per heavy atom. The molecule has 1 aliphatic rings. The highest BCUT2D eigenvalue weighted by Crippen LogP contribution is 2.24. The fourth-order valence-corrected chi connectivity index (χ4v) is 4.14. The van der Waals surface area contributed by atoms with Gasteiger partial charge in [0.1, 0.15) is 5.69 Å². The third kappa shape index (κ3) is 4.98. The fraction of sp³-hybridized carbons (Fsp3) is 0.458. The molecule has 2 aromatic rings. The van der Waals surface area contributed by atoms with Gasteiger partial charge < -0.3 is 19.9 Å². The van der Waals surface area contributed by atoms with Crippen molar-refractivity contribution in [1.82, 2.24) is 15.2 Å². The van der Waals surface area contributed by atoms with Crippen LogP contribution in [0.1, 0.15) is 63.0 Å². The van der Waals surface area contributed by atoms with Gasteiger partial charge >= 0.3 is 5.97 Å². The van der Waals surface area contributed by atoms with Gasteiger partial charge in [0, 0.05) is 25.3 Å². The topological polar surface area (TPSA) is 91.5 Å². The molecule has 0 spiro atoms. The van der Waals surface area contributed by atoms with Crippen molar-refractivity contribution in [3.63, 3.8) is 0 Å². The van der Waals surface area contributed by atoms with Crippen molar-refractivity contribution in [1.29, 1.82) is 0 Å². The maximum absolute atomic E-state index is 13.2. The minimum absolute atomic E-state index is 0.0349. The zero-order valence-corrected chi connectivity index (χ0v) is 18.7. The van der Waals surface area contributed by atoms with Crippen LogP contribution in [0.25, 0.3) is 0 Å². The van der Waals surface area contributed by atoms with Gasteiger partial charge in [0.25, 0.3) is 5.91 Å². The van der Waals surface area contributed by atoms with Crippen LogP contribution < -0.4 is 5.32 Å². The Kier molecular flexibility index (Phi) is 7.15. The molecule has 1 aromatic carbocycles. The van der Waals surface area contributed by atoms with E-state index >= 15 is 0 Å². The molecule has 2 amide bonds. The highest BCUT2D eigenvalue weighted by molar-refractivity contribution is 6.00. The van der Waals surface area contributed by atoms with Crippen molar-refractivity contribution in [3.8, 4) is 0 Å². The molecule has 31 heavy (non-hydrogen) atoms. The van der Waals surface area contributed by atoms with E-state index < -0.39 is 5.97 Å². The van der Waals surface area contributed by atoms with E-state index in [1.807, 2.05) is 31.2 Å². The van der Waals surface area contributed by atoms with Crippen LogP contribution >= 0.6 is 0 Å². The van der Waals surface area contributed by atoms with Gasteiger partial charge in [0.05, 0.1) is 18.1 Å². The highest BCUT2D eigenvalue weighted by atomic mass is 16.5. The number of likely N-dealkylation sites (tertiary alicyclic amines) is 1. The van der Waals surface area contributed by atoms with Crippen molar-refractivity contribution in [2.45, 2.75) is 47.1 Å². The van der Waals surface area contributed by atoms with Crippen LogP contribution in [0.15, 0.2) is 24.3 Å². The molecule has 2 heterocycles. The zero-order valence-electron chi connectivity index (χ0n) is 18.7. The van der Waals surface area contributed by atoms with Crippen LogP contribution in [-0.2, 0) is 16.1 Å². The van der Waals surface area contributed by atoms with Gasteiger partial charge in [-0.1, -0.05) is 24.3 Å². The number of rotatable bonds is 6. The first kappa shape index (κ1) is 22.6. The number of H-pyrrole nitrogens is 1. The molecule has 1 aliphatic heterocycles. The van der Waals surface area contributed by atoms with E-state index in [0.29, 0.717) is 42.1 Å². The molecule has 0 saturated carbocycles. The summed E-state index contributed by atoms with van der Waals surface area (Å²) in [6.45, 7) is 8.99. The van der Waals surface area contributed by atoms with Crippen molar-refractivity contribution in [3.05, 3.63) is 57.9 Å². The number of carbonyl (C=O) groups excluding carboxylic acids is 3. The number of carbonyl (C=O) groups is 3. The first-order chi connectivity index (χ1) is 14.8. The molecule has 0 unspecified atom stereocenters. The number of nitrogens with zero attached hydrogens (tertiary/aromatic N) is 1. The molecule has 1 saturated heterocycles. The van der Waals surface area contributed by atoms with E-state index in [4.69, 9.17) is 4.74 Å². The molecule has 166 valence electrons. The molecule has 1 fully saturated rings. The van der Waals surface area contributed by atoms with Gasteiger partial charge in [0.2, 0.25) is 5.91 Å². The van der Waals surface area contributed by atoms with Gasteiger partial charge in [-0.25, -0.2) is 4.79 Å². The Balaban J connectivity index is 1.67. The summed E-state index contributed by atoms with van der Waals surface area (Å²) in [4.78, 5) is 42.9. The van der Waals surface area contributed by atoms with Gasteiger partial charge in [-0.3, -0.25) is 9.59 Å². The molecular formula is C24H31N3O4. The van der Waals surface area contributed by atoms with Crippen LogP contribution in [0.3, 0.4) is 0 Å². The Hall–Kier alpha value is -3.09. The summed E-state index contributed by atoms with van der Waals surface area (Å²) in [6, 6.07) is 7.96. The third-order valence-electron chi connectivity index (χ3n) is 5.92. The lowest BCUT2D eigenvalue weighted by Crippen LogP contribution is -2.45. The Morgan fingerprint density at radius 1 is 1.19 bits per heavy atom. The molecule has 0 bridgehead atoms. The number of ether oxygens (including phenoxy) is 1. The van der Waals surface area contributed by atoms with E-state index in [9.17, 15) is 14.4 Å². The first-order valence-corrected chi connectivity index (χ1v) is 10.8. The summed E-state index contributed by atoms with van der Waals surface area (Å²) in [7, 11) is 0. The summed E-state index contributed by atoms with van der Waals surface area (Å²) >= 11 is 0. The van der Waals surface area contributed by atoms with E-state index in [0.717, 1.165) is 24.0 Å². The lowest BCUT2D eigenvalue weighted by molar-refractivity contribution is -0.126. The monoisotopic (exact) mass is 425 g/mol. The molecule has 1 atom stereocenters. The average molecular weight is 426 g/mol. The Labute approximate surface area is 183 Å². The number of benzene rings is 1. The predicted octanol–water partition coefficient (Wildman–Crippen LogP) is 3.29. The summed E-state index contributed by atoms with van der Waals surface area (Å²) < 4.78 is 5.11.